The Balaban J connectivity index is 2.04. The zero-order valence-electron chi connectivity index (χ0n) is 12.5. The molecule has 0 aliphatic carbocycles. The molecule has 0 bridgehead atoms. The van der Waals surface area contributed by atoms with E-state index < -0.39 is 12.1 Å². The highest BCUT2D eigenvalue weighted by Crippen LogP contribution is 2.16. The van der Waals surface area contributed by atoms with Crippen LogP contribution in [0, 0.1) is 0 Å². The summed E-state index contributed by atoms with van der Waals surface area (Å²) in [5, 5.41) is 18.1. The van der Waals surface area contributed by atoms with Crippen molar-refractivity contribution >= 4 is 17.8 Å². The Labute approximate surface area is 133 Å². The minimum absolute atomic E-state index is 0.133. The second kappa shape index (κ2) is 7.26. The van der Waals surface area contributed by atoms with Gasteiger partial charge in [0, 0.05) is 5.56 Å². The molecule has 0 amide bonds. The van der Waals surface area contributed by atoms with Crippen LogP contribution < -0.4 is 4.74 Å². The average molecular weight is 312 g/mol. The van der Waals surface area contributed by atoms with Crippen molar-refractivity contribution in [2.75, 3.05) is 0 Å². The standard InChI is InChI=1S/C18H16O5/c1-12(18(21)22)23-16-8-6-14(7-9-16)17(20)10-5-13-3-2-4-15(19)11-13/h2-12,19H,1H3,(H,21,22)/b10-5+/t12-/m0/s1. The van der Waals surface area contributed by atoms with Gasteiger partial charge in [-0.25, -0.2) is 4.79 Å². The molecule has 2 aromatic carbocycles. The fraction of sp³-hybridized carbons (Fsp3) is 0.111. The summed E-state index contributed by atoms with van der Waals surface area (Å²) in [7, 11) is 0. The number of ether oxygens (including phenoxy) is 1. The van der Waals surface area contributed by atoms with Crippen LogP contribution in [0.25, 0.3) is 6.08 Å². The highest BCUT2D eigenvalue weighted by Gasteiger charge is 2.12. The molecule has 0 spiro atoms. The van der Waals surface area contributed by atoms with Crippen molar-refractivity contribution in [1.82, 2.24) is 0 Å². The van der Waals surface area contributed by atoms with Crippen LogP contribution in [0.4, 0.5) is 0 Å². The third kappa shape index (κ3) is 4.71. The van der Waals surface area contributed by atoms with Crippen molar-refractivity contribution < 1.29 is 24.5 Å². The summed E-state index contributed by atoms with van der Waals surface area (Å²) in [6.07, 6.45) is 2.06. The van der Waals surface area contributed by atoms with Gasteiger partial charge in [0.05, 0.1) is 0 Å². The lowest BCUT2D eigenvalue weighted by molar-refractivity contribution is -0.144. The van der Waals surface area contributed by atoms with Crippen LogP contribution in [0.1, 0.15) is 22.8 Å². The molecule has 0 saturated heterocycles. The van der Waals surface area contributed by atoms with Gasteiger partial charge in [-0.15, -0.1) is 0 Å². The third-order valence-corrected chi connectivity index (χ3v) is 3.10. The van der Waals surface area contributed by atoms with E-state index in [-0.39, 0.29) is 11.5 Å². The molecule has 0 aromatic heterocycles. The van der Waals surface area contributed by atoms with Crippen LogP contribution in [-0.2, 0) is 4.79 Å². The van der Waals surface area contributed by atoms with E-state index in [9.17, 15) is 14.7 Å². The van der Waals surface area contributed by atoms with Gasteiger partial charge in [-0.05, 0) is 55.0 Å². The van der Waals surface area contributed by atoms with Gasteiger partial charge >= 0.3 is 5.97 Å². The number of allylic oxidation sites excluding steroid dienone is 1. The van der Waals surface area contributed by atoms with Gasteiger partial charge in [0.1, 0.15) is 11.5 Å². The number of phenols is 1. The molecule has 0 unspecified atom stereocenters. The molecular weight excluding hydrogens is 296 g/mol. The molecule has 1 atom stereocenters. The van der Waals surface area contributed by atoms with Crippen molar-refractivity contribution in [2.45, 2.75) is 13.0 Å². The maximum atomic E-state index is 12.1. The Morgan fingerprint density at radius 3 is 2.43 bits per heavy atom. The lowest BCUT2D eigenvalue weighted by atomic mass is 10.1. The first-order valence-corrected chi connectivity index (χ1v) is 6.96. The number of hydrogen-bond donors (Lipinski definition) is 2. The number of carboxylic acid groups (broad SMARTS) is 1. The number of benzene rings is 2. The summed E-state index contributed by atoms with van der Waals surface area (Å²) in [5.74, 6) is -0.743. The highest BCUT2D eigenvalue weighted by atomic mass is 16.5. The molecular formula is C18H16O5. The van der Waals surface area contributed by atoms with Crippen LogP contribution in [0.5, 0.6) is 11.5 Å². The Bertz CT molecular complexity index is 731. The lowest BCUT2D eigenvalue weighted by Gasteiger charge is -2.10. The first-order valence-electron chi connectivity index (χ1n) is 6.96. The van der Waals surface area contributed by atoms with Gasteiger partial charge in [0.25, 0.3) is 0 Å². The molecule has 5 nitrogen and oxygen atoms in total. The number of ketones is 1. The van der Waals surface area contributed by atoms with E-state index in [4.69, 9.17) is 9.84 Å². The van der Waals surface area contributed by atoms with Crippen molar-refractivity contribution in [3.8, 4) is 11.5 Å². The van der Waals surface area contributed by atoms with Crippen LogP contribution in [-0.4, -0.2) is 28.1 Å². The monoisotopic (exact) mass is 312 g/mol. The largest absolute Gasteiger partial charge is 0.508 e. The summed E-state index contributed by atoms with van der Waals surface area (Å²) >= 11 is 0. The fourth-order valence-corrected chi connectivity index (χ4v) is 1.85. The molecule has 0 aliphatic rings. The SMILES string of the molecule is C[C@H](Oc1ccc(C(=O)/C=C/c2cccc(O)c2)cc1)C(=O)O. The van der Waals surface area contributed by atoms with Gasteiger partial charge in [0.15, 0.2) is 11.9 Å². The summed E-state index contributed by atoms with van der Waals surface area (Å²) in [5.41, 5.74) is 1.17. The van der Waals surface area contributed by atoms with Crippen molar-refractivity contribution in [3.05, 3.63) is 65.7 Å². The van der Waals surface area contributed by atoms with Crippen molar-refractivity contribution in [2.24, 2.45) is 0 Å². The smallest absolute Gasteiger partial charge is 0.344 e. The molecule has 2 aromatic rings. The average Bonchev–Trinajstić information content (AvgIpc) is 2.53. The van der Waals surface area contributed by atoms with E-state index in [2.05, 4.69) is 0 Å². The Morgan fingerprint density at radius 2 is 1.83 bits per heavy atom. The number of phenolic OH excluding ortho intramolecular Hbond substituents is 1. The van der Waals surface area contributed by atoms with Crippen LogP contribution in [0.15, 0.2) is 54.6 Å². The van der Waals surface area contributed by atoms with Crippen LogP contribution in [0.2, 0.25) is 0 Å². The maximum Gasteiger partial charge on any atom is 0.344 e. The van der Waals surface area contributed by atoms with E-state index in [0.717, 1.165) is 0 Å². The number of hydrogen-bond acceptors (Lipinski definition) is 4. The molecule has 0 aliphatic heterocycles. The molecule has 0 saturated carbocycles. The molecule has 5 heteroatoms. The predicted octanol–water partition coefficient (Wildman–Crippen LogP) is 3.14. The second-order valence-corrected chi connectivity index (χ2v) is 4.92. The second-order valence-electron chi connectivity index (χ2n) is 4.92. The molecule has 0 radical (unpaired) electrons. The van der Waals surface area contributed by atoms with E-state index >= 15 is 0 Å². The molecule has 2 N–H and O–H groups in total. The van der Waals surface area contributed by atoms with E-state index in [1.807, 2.05) is 0 Å². The van der Waals surface area contributed by atoms with E-state index in [0.29, 0.717) is 16.9 Å². The van der Waals surface area contributed by atoms with Crippen LogP contribution >= 0.6 is 0 Å². The lowest BCUT2D eigenvalue weighted by Crippen LogP contribution is -2.22. The molecule has 118 valence electrons. The minimum Gasteiger partial charge on any atom is -0.508 e. The van der Waals surface area contributed by atoms with Crippen LogP contribution in [0.3, 0.4) is 0 Å². The Morgan fingerprint density at radius 1 is 1.13 bits per heavy atom. The minimum atomic E-state index is -1.06. The third-order valence-electron chi connectivity index (χ3n) is 3.10. The first kappa shape index (κ1) is 16.3. The molecule has 2 rings (SSSR count). The van der Waals surface area contributed by atoms with Gasteiger partial charge < -0.3 is 14.9 Å². The maximum absolute atomic E-state index is 12.1. The predicted molar refractivity (Wildman–Crippen MR) is 85.6 cm³/mol. The zero-order chi connectivity index (χ0) is 16.8. The summed E-state index contributed by atoms with van der Waals surface area (Å²) in [6, 6.07) is 12.8. The Kier molecular flexibility index (Phi) is 5.15. The summed E-state index contributed by atoms with van der Waals surface area (Å²) in [4.78, 5) is 22.8. The number of carboxylic acids is 1. The van der Waals surface area contributed by atoms with Gasteiger partial charge in [-0.2, -0.15) is 0 Å². The zero-order valence-corrected chi connectivity index (χ0v) is 12.5. The first-order chi connectivity index (χ1) is 11.0. The molecule has 23 heavy (non-hydrogen) atoms. The highest BCUT2D eigenvalue weighted by molar-refractivity contribution is 6.06. The number of aromatic hydroxyl groups is 1. The summed E-state index contributed by atoms with van der Waals surface area (Å²) in [6.45, 7) is 1.43. The topological polar surface area (TPSA) is 83.8 Å². The molecule has 0 fully saturated rings. The number of aliphatic carboxylic acids is 1. The number of carbonyl (C=O) groups excluding carboxylic acids is 1. The van der Waals surface area contributed by atoms with Gasteiger partial charge in [-0.3, -0.25) is 4.79 Å². The Hall–Kier alpha value is -3.08. The van der Waals surface area contributed by atoms with Crippen molar-refractivity contribution in [1.29, 1.82) is 0 Å². The fourth-order valence-electron chi connectivity index (χ4n) is 1.85. The number of carbonyl (C=O) groups is 2. The molecule has 0 heterocycles. The van der Waals surface area contributed by atoms with E-state index in [1.54, 1.807) is 54.6 Å². The van der Waals surface area contributed by atoms with Gasteiger partial charge in [-0.1, -0.05) is 18.2 Å². The number of rotatable bonds is 6. The summed E-state index contributed by atoms with van der Waals surface area (Å²) < 4.78 is 5.20. The van der Waals surface area contributed by atoms with E-state index in [1.165, 1.54) is 13.0 Å². The normalized spacial score (nSPS) is 12.0. The van der Waals surface area contributed by atoms with Crippen molar-refractivity contribution in [3.63, 3.8) is 0 Å². The van der Waals surface area contributed by atoms with Gasteiger partial charge in [0.2, 0.25) is 0 Å². The quantitative estimate of drug-likeness (QED) is 0.632.